The summed E-state index contributed by atoms with van der Waals surface area (Å²) in [4.78, 5) is 18.5. The standard InChI is InChI=1S/C20H22FN5O3/c1-28-18-4-3-14(11-16(18)21)13-29-15-5-9-25(10-6-15)20(27)24-17-12-23-26-8-2-7-22-19(17)26/h2-4,7-8,11-12,15H,5-6,9-10,13H2,1H3,(H,24,27). The van der Waals surface area contributed by atoms with Gasteiger partial charge in [0.05, 0.1) is 26.0 Å². The van der Waals surface area contributed by atoms with Crippen molar-refractivity contribution in [1.29, 1.82) is 0 Å². The van der Waals surface area contributed by atoms with Crippen molar-refractivity contribution in [1.82, 2.24) is 19.5 Å². The molecule has 29 heavy (non-hydrogen) atoms. The van der Waals surface area contributed by atoms with Crippen LogP contribution in [0.25, 0.3) is 5.65 Å². The molecule has 0 bridgehead atoms. The highest BCUT2D eigenvalue weighted by Crippen LogP contribution is 2.21. The first-order valence-corrected chi connectivity index (χ1v) is 9.42. The molecular formula is C20H22FN5O3. The van der Waals surface area contributed by atoms with E-state index in [4.69, 9.17) is 9.47 Å². The van der Waals surface area contributed by atoms with Gasteiger partial charge in [0, 0.05) is 25.5 Å². The number of methoxy groups -OCH3 is 1. The normalized spacial score (nSPS) is 14.9. The Morgan fingerprint density at radius 2 is 2.17 bits per heavy atom. The van der Waals surface area contributed by atoms with Crippen LogP contribution in [0.5, 0.6) is 5.75 Å². The highest BCUT2D eigenvalue weighted by atomic mass is 19.1. The largest absolute Gasteiger partial charge is 0.494 e. The molecule has 3 aromatic rings. The summed E-state index contributed by atoms with van der Waals surface area (Å²) >= 11 is 0. The van der Waals surface area contributed by atoms with Crippen LogP contribution in [0.15, 0.2) is 42.9 Å². The summed E-state index contributed by atoms with van der Waals surface area (Å²) in [7, 11) is 1.44. The number of hydrogen-bond acceptors (Lipinski definition) is 5. The summed E-state index contributed by atoms with van der Waals surface area (Å²) in [6, 6.07) is 6.40. The van der Waals surface area contributed by atoms with E-state index in [2.05, 4.69) is 15.4 Å². The van der Waals surface area contributed by atoms with Crippen molar-refractivity contribution in [2.45, 2.75) is 25.6 Å². The van der Waals surface area contributed by atoms with Crippen molar-refractivity contribution in [3.63, 3.8) is 0 Å². The first-order chi connectivity index (χ1) is 14.1. The predicted molar refractivity (Wildman–Crippen MR) is 104 cm³/mol. The molecule has 3 heterocycles. The molecule has 4 rings (SSSR count). The van der Waals surface area contributed by atoms with E-state index in [0.29, 0.717) is 31.0 Å². The molecule has 0 aliphatic carbocycles. The van der Waals surface area contributed by atoms with Gasteiger partial charge in [-0.2, -0.15) is 5.10 Å². The minimum Gasteiger partial charge on any atom is -0.494 e. The summed E-state index contributed by atoms with van der Waals surface area (Å²) < 4.78 is 26.2. The minimum absolute atomic E-state index is 0.0304. The van der Waals surface area contributed by atoms with Crippen molar-refractivity contribution in [2.75, 3.05) is 25.5 Å². The molecule has 1 fully saturated rings. The fourth-order valence-corrected chi connectivity index (χ4v) is 3.35. The average molecular weight is 399 g/mol. The number of likely N-dealkylation sites (tertiary alicyclic amines) is 1. The zero-order valence-corrected chi connectivity index (χ0v) is 16.0. The highest BCUT2D eigenvalue weighted by molar-refractivity contribution is 5.93. The molecule has 9 heteroatoms. The maximum atomic E-state index is 13.8. The number of aromatic nitrogens is 3. The molecule has 1 aliphatic rings. The van der Waals surface area contributed by atoms with Gasteiger partial charge in [0.2, 0.25) is 0 Å². The fraction of sp³-hybridized carbons (Fsp3) is 0.350. The molecule has 152 valence electrons. The summed E-state index contributed by atoms with van der Waals surface area (Å²) in [5.74, 6) is -0.184. The maximum absolute atomic E-state index is 13.8. The molecule has 1 aromatic carbocycles. The highest BCUT2D eigenvalue weighted by Gasteiger charge is 2.24. The van der Waals surface area contributed by atoms with Gasteiger partial charge < -0.3 is 19.7 Å². The minimum atomic E-state index is -0.401. The van der Waals surface area contributed by atoms with E-state index in [1.165, 1.54) is 13.2 Å². The lowest BCUT2D eigenvalue weighted by atomic mass is 10.1. The van der Waals surface area contributed by atoms with Gasteiger partial charge in [-0.05, 0) is 36.6 Å². The lowest BCUT2D eigenvalue weighted by molar-refractivity contribution is 0.00529. The Morgan fingerprint density at radius 3 is 2.93 bits per heavy atom. The molecule has 1 aliphatic heterocycles. The van der Waals surface area contributed by atoms with E-state index in [1.807, 2.05) is 0 Å². The average Bonchev–Trinajstić information content (AvgIpc) is 3.15. The van der Waals surface area contributed by atoms with Crippen molar-refractivity contribution in [2.24, 2.45) is 0 Å². The Hall–Kier alpha value is -3.20. The van der Waals surface area contributed by atoms with Crippen LogP contribution in [0.1, 0.15) is 18.4 Å². The molecule has 1 saturated heterocycles. The number of piperidine rings is 1. The number of nitrogens with one attached hydrogen (secondary N) is 1. The van der Waals surface area contributed by atoms with E-state index in [9.17, 15) is 9.18 Å². The van der Waals surface area contributed by atoms with Crippen LogP contribution in [-0.2, 0) is 11.3 Å². The Balaban J connectivity index is 1.27. The fourth-order valence-electron chi connectivity index (χ4n) is 3.35. The molecule has 0 unspecified atom stereocenters. The number of nitrogens with zero attached hydrogens (tertiary/aromatic N) is 4. The molecule has 0 atom stereocenters. The van der Waals surface area contributed by atoms with E-state index in [1.54, 1.807) is 46.2 Å². The third-order valence-electron chi connectivity index (χ3n) is 4.95. The summed E-state index contributed by atoms with van der Waals surface area (Å²) in [5, 5.41) is 7.04. The zero-order valence-electron chi connectivity index (χ0n) is 16.0. The number of benzene rings is 1. The Bertz CT molecular complexity index is 1000. The number of ether oxygens (including phenoxy) is 2. The van der Waals surface area contributed by atoms with Gasteiger partial charge in [0.25, 0.3) is 0 Å². The van der Waals surface area contributed by atoms with Gasteiger partial charge in [-0.3, -0.25) is 0 Å². The number of fused-ring (bicyclic) bond motifs is 1. The lowest BCUT2D eigenvalue weighted by Crippen LogP contribution is -2.43. The van der Waals surface area contributed by atoms with Gasteiger partial charge in [0.1, 0.15) is 5.69 Å². The van der Waals surface area contributed by atoms with Crippen molar-refractivity contribution in [3.8, 4) is 5.75 Å². The molecule has 1 N–H and O–H groups in total. The second-order valence-electron chi connectivity index (χ2n) is 6.84. The Kier molecular flexibility index (Phi) is 5.57. The smallest absolute Gasteiger partial charge is 0.321 e. The van der Waals surface area contributed by atoms with Crippen molar-refractivity contribution < 1.29 is 18.7 Å². The Morgan fingerprint density at radius 1 is 1.34 bits per heavy atom. The van der Waals surface area contributed by atoms with Crippen LogP contribution in [-0.4, -0.2) is 51.8 Å². The summed E-state index contributed by atoms with van der Waals surface area (Å²) in [5.41, 5.74) is 1.94. The molecule has 2 aromatic heterocycles. The SMILES string of the molecule is COc1ccc(COC2CCN(C(=O)Nc3cnn4cccnc34)CC2)cc1F. The lowest BCUT2D eigenvalue weighted by Gasteiger charge is -2.31. The van der Waals surface area contributed by atoms with Crippen LogP contribution in [0.3, 0.4) is 0 Å². The second kappa shape index (κ2) is 8.44. The van der Waals surface area contributed by atoms with Crippen LogP contribution in [0.2, 0.25) is 0 Å². The molecule has 0 radical (unpaired) electrons. The van der Waals surface area contributed by atoms with E-state index in [-0.39, 0.29) is 17.9 Å². The van der Waals surface area contributed by atoms with Gasteiger partial charge >= 0.3 is 6.03 Å². The molecular weight excluding hydrogens is 377 g/mol. The Labute approximate surface area is 167 Å². The van der Waals surface area contributed by atoms with Crippen LogP contribution < -0.4 is 10.1 Å². The molecule has 0 spiro atoms. The van der Waals surface area contributed by atoms with Crippen LogP contribution in [0.4, 0.5) is 14.9 Å². The van der Waals surface area contributed by atoms with Crippen LogP contribution >= 0.6 is 0 Å². The van der Waals surface area contributed by atoms with Gasteiger partial charge in [-0.25, -0.2) is 18.7 Å². The zero-order chi connectivity index (χ0) is 20.2. The number of amides is 2. The maximum Gasteiger partial charge on any atom is 0.321 e. The van der Waals surface area contributed by atoms with E-state index < -0.39 is 5.82 Å². The monoisotopic (exact) mass is 399 g/mol. The van der Waals surface area contributed by atoms with Crippen molar-refractivity contribution >= 4 is 17.4 Å². The third kappa shape index (κ3) is 4.29. The number of carbonyl (C=O) groups excluding carboxylic acids is 1. The van der Waals surface area contributed by atoms with E-state index >= 15 is 0 Å². The topological polar surface area (TPSA) is 81.0 Å². The summed E-state index contributed by atoms with van der Waals surface area (Å²) in [6.45, 7) is 1.49. The third-order valence-corrected chi connectivity index (χ3v) is 4.95. The first kappa shape index (κ1) is 19.1. The van der Waals surface area contributed by atoms with Gasteiger partial charge in [-0.15, -0.1) is 0 Å². The molecule has 8 nitrogen and oxygen atoms in total. The number of rotatable bonds is 5. The first-order valence-electron chi connectivity index (χ1n) is 9.42. The number of hydrogen-bond donors (Lipinski definition) is 1. The van der Waals surface area contributed by atoms with Crippen molar-refractivity contribution in [3.05, 3.63) is 54.2 Å². The number of carbonyl (C=O) groups is 1. The van der Waals surface area contributed by atoms with Gasteiger partial charge in [0.15, 0.2) is 17.2 Å². The summed E-state index contributed by atoms with van der Waals surface area (Å²) in [6.07, 6.45) is 6.49. The van der Waals surface area contributed by atoms with E-state index in [0.717, 1.165) is 18.4 Å². The predicted octanol–water partition coefficient (Wildman–Crippen LogP) is 3.09. The second-order valence-corrected chi connectivity index (χ2v) is 6.84. The molecule has 2 amide bonds. The van der Waals surface area contributed by atoms with Gasteiger partial charge in [-0.1, -0.05) is 6.07 Å². The quantitative estimate of drug-likeness (QED) is 0.713. The number of anilines is 1. The number of urea groups is 1. The number of halogens is 1. The van der Waals surface area contributed by atoms with Crippen LogP contribution in [0, 0.1) is 5.82 Å². The molecule has 0 saturated carbocycles.